The quantitative estimate of drug-likeness (QED) is 0.112. The van der Waals surface area contributed by atoms with Crippen molar-refractivity contribution in [2.75, 3.05) is 29.1 Å². The molecule has 4 N–H and O–H groups in total. The number of anilines is 1. The molecule has 1 amide bonds. The summed E-state index contributed by atoms with van der Waals surface area (Å²) in [5.41, 5.74) is 0.0327. The van der Waals surface area contributed by atoms with E-state index >= 15 is 0 Å². The van der Waals surface area contributed by atoms with Gasteiger partial charge in [0.2, 0.25) is 5.91 Å². The molecular formula is C22H25N4O7PS3. The Morgan fingerprint density at radius 2 is 1.73 bits per heavy atom. The van der Waals surface area contributed by atoms with Gasteiger partial charge in [-0.05, 0) is 47.9 Å². The van der Waals surface area contributed by atoms with Crippen molar-refractivity contribution in [3.05, 3.63) is 48.5 Å². The number of rotatable bonds is 11. The summed E-state index contributed by atoms with van der Waals surface area (Å²) in [5.74, 6) is 0.276. The van der Waals surface area contributed by atoms with Gasteiger partial charge in [0, 0.05) is 36.0 Å². The first-order valence-electron chi connectivity index (χ1n) is 10.7. The van der Waals surface area contributed by atoms with Crippen molar-refractivity contribution < 1.29 is 31.3 Å². The Morgan fingerprint density at radius 3 is 2.35 bits per heavy atom. The van der Waals surface area contributed by atoms with Gasteiger partial charge in [-0.25, -0.2) is 8.42 Å². The summed E-state index contributed by atoms with van der Waals surface area (Å²) in [6.07, 6.45) is 0. The van der Waals surface area contributed by atoms with Crippen molar-refractivity contribution in [1.29, 1.82) is 0 Å². The number of fused-ring (bicyclic) bond motifs is 1. The first-order valence-corrected chi connectivity index (χ1v) is 15.6. The normalized spacial score (nSPS) is 12.3. The van der Waals surface area contributed by atoms with E-state index in [1.165, 1.54) is 61.2 Å². The second-order valence-corrected chi connectivity index (χ2v) is 12.9. The van der Waals surface area contributed by atoms with Crippen LogP contribution in [0.3, 0.4) is 0 Å². The zero-order chi connectivity index (χ0) is 27.2. The predicted molar refractivity (Wildman–Crippen MR) is 147 cm³/mol. The Bertz CT molecular complexity index is 1540. The number of aromatic hydroxyl groups is 1. The van der Waals surface area contributed by atoms with Crippen molar-refractivity contribution in [2.45, 2.75) is 16.7 Å². The lowest BCUT2D eigenvalue weighted by Crippen LogP contribution is -2.10. The molecule has 15 heteroatoms. The Labute approximate surface area is 221 Å². The minimum absolute atomic E-state index is 0.0292. The maximum atomic E-state index is 12.5. The highest BCUT2D eigenvalue weighted by atomic mass is 32.2. The number of hydrogen-bond donors (Lipinski definition) is 4. The average Bonchev–Trinajstić information content (AvgIpc) is 2.83. The van der Waals surface area contributed by atoms with E-state index in [1.54, 1.807) is 0 Å². The predicted octanol–water partition coefficient (Wildman–Crippen LogP) is 4.05. The molecule has 0 aliphatic carbocycles. The molecule has 0 saturated heterocycles. The highest BCUT2D eigenvalue weighted by Gasteiger charge is 2.22. The highest BCUT2D eigenvalue weighted by Crippen LogP contribution is 2.42. The van der Waals surface area contributed by atoms with Gasteiger partial charge in [-0.3, -0.25) is 14.4 Å². The van der Waals surface area contributed by atoms with E-state index in [4.69, 9.17) is 0 Å². The highest BCUT2D eigenvalue weighted by molar-refractivity contribution is 8.00. The maximum absolute atomic E-state index is 12.5. The molecule has 3 rings (SSSR count). The third kappa shape index (κ3) is 7.69. The average molecular weight is 585 g/mol. The van der Waals surface area contributed by atoms with E-state index in [-0.39, 0.29) is 33.0 Å². The molecule has 3 aromatic rings. The van der Waals surface area contributed by atoms with Crippen molar-refractivity contribution in [1.82, 2.24) is 5.09 Å². The fraction of sp³-hybridized carbons (Fsp3) is 0.227. The minimum atomic E-state index is -4.79. The molecule has 11 nitrogen and oxygen atoms in total. The molecular weight excluding hydrogens is 559 g/mol. The third-order valence-corrected chi connectivity index (χ3v) is 9.13. The maximum Gasteiger partial charge on any atom is 0.296 e. The van der Waals surface area contributed by atoms with Crippen LogP contribution in [0.15, 0.2) is 68.6 Å². The number of azo groups is 1. The van der Waals surface area contributed by atoms with E-state index in [2.05, 4.69) is 30.0 Å². The Morgan fingerprint density at radius 1 is 1.03 bits per heavy atom. The molecule has 0 heterocycles. The number of thioether (sulfide) groups is 1. The summed E-state index contributed by atoms with van der Waals surface area (Å²) in [7, 11) is -5.91. The van der Waals surface area contributed by atoms with Crippen LogP contribution in [0.4, 0.5) is 17.1 Å². The molecule has 0 aliphatic rings. The van der Waals surface area contributed by atoms with Crippen LogP contribution < -0.4 is 10.4 Å². The SMILES string of the molecule is CC(=O)Nc1ccc2cc(S(=O)(=O)O)c(N=Nc3ccc(S(=O)(=O)CCSCCNP)cc3)c(O)c2c1. The second kappa shape index (κ2) is 12.3. The summed E-state index contributed by atoms with van der Waals surface area (Å²) in [6.45, 7) is 2.06. The van der Waals surface area contributed by atoms with E-state index in [0.29, 0.717) is 11.4 Å². The van der Waals surface area contributed by atoms with Crippen LogP contribution in [0, 0.1) is 0 Å². The molecule has 0 bridgehead atoms. The number of carbonyl (C=O) groups is 1. The molecule has 0 saturated carbocycles. The zero-order valence-corrected chi connectivity index (χ0v) is 23.2. The summed E-state index contributed by atoms with van der Waals surface area (Å²) in [4.78, 5) is 10.8. The van der Waals surface area contributed by atoms with Crippen molar-refractivity contribution in [3.63, 3.8) is 0 Å². The molecule has 1 unspecified atom stereocenters. The number of sulfone groups is 1. The molecule has 0 spiro atoms. The molecule has 1 atom stereocenters. The van der Waals surface area contributed by atoms with Gasteiger partial charge in [-0.1, -0.05) is 15.5 Å². The lowest BCUT2D eigenvalue weighted by molar-refractivity contribution is -0.114. The number of amides is 1. The van der Waals surface area contributed by atoms with Gasteiger partial charge in [0.15, 0.2) is 15.6 Å². The van der Waals surface area contributed by atoms with Gasteiger partial charge < -0.3 is 10.4 Å². The van der Waals surface area contributed by atoms with E-state index < -0.39 is 36.3 Å². The molecule has 3 aromatic carbocycles. The topological polar surface area (TPSA) is 175 Å². The molecule has 198 valence electrons. The number of carbonyl (C=O) groups excluding carboxylic acids is 1. The van der Waals surface area contributed by atoms with Gasteiger partial charge in [0.25, 0.3) is 10.1 Å². The molecule has 0 fully saturated rings. The second-order valence-electron chi connectivity index (χ2n) is 7.74. The standard InChI is InChI=1S/C22H25N4O7PS3/c1-14(27)24-17-3-2-15-12-20(37(31,32)33)21(22(28)19(15)13-17)26-25-16-4-6-18(7-5-16)36(29,30)11-10-35-9-8-23-34/h2-7,12-13,23,28H,8-11,34H2,1H3,(H,24,27)(H,31,32,33). The monoisotopic (exact) mass is 584 g/mol. The Hall–Kier alpha value is -2.61. The first kappa shape index (κ1) is 29.0. The smallest absolute Gasteiger partial charge is 0.296 e. The Balaban J connectivity index is 1.91. The molecule has 0 aromatic heterocycles. The fourth-order valence-electron chi connectivity index (χ4n) is 3.26. The van der Waals surface area contributed by atoms with Gasteiger partial charge in [0.05, 0.1) is 16.3 Å². The summed E-state index contributed by atoms with van der Waals surface area (Å²) in [6, 6.07) is 11.0. The van der Waals surface area contributed by atoms with Crippen LogP contribution in [-0.4, -0.2) is 56.2 Å². The lowest BCUT2D eigenvalue weighted by Gasteiger charge is -2.10. The Kier molecular flexibility index (Phi) is 9.62. The fourth-order valence-corrected chi connectivity index (χ4v) is 6.88. The number of nitrogens with zero attached hydrogens (tertiary/aromatic N) is 2. The number of phenols is 1. The molecule has 0 radical (unpaired) electrons. The molecule has 0 aliphatic heterocycles. The van der Waals surface area contributed by atoms with E-state index in [0.717, 1.165) is 18.4 Å². The van der Waals surface area contributed by atoms with Crippen molar-refractivity contribution in [3.8, 4) is 5.75 Å². The summed E-state index contributed by atoms with van der Waals surface area (Å²) < 4.78 is 58.7. The molecule has 37 heavy (non-hydrogen) atoms. The van der Waals surface area contributed by atoms with Crippen LogP contribution in [-0.2, 0) is 24.7 Å². The van der Waals surface area contributed by atoms with Gasteiger partial charge in [-0.15, -0.1) is 5.11 Å². The number of nitrogens with one attached hydrogen (secondary N) is 2. The number of benzene rings is 3. The summed E-state index contributed by atoms with van der Waals surface area (Å²) >= 11 is 1.51. The van der Waals surface area contributed by atoms with Gasteiger partial charge >= 0.3 is 0 Å². The zero-order valence-electron chi connectivity index (χ0n) is 19.6. The number of hydrogen-bond acceptors (Lipinski definition) is 10. The van der Waals surface area contributed by atoms with E-state index in [9.17, 15) is 31.3 Å². The van der Waals surface area contributed by atoms with Crippen molar-refractivity contribution >= 4 is 74.8 Å². The van der Waals surface area contributed by atoms with Crippen LogP contribution in [0.2, 0.25) is 0 Å². The van der Waals surface area contributed by atoms with Crippen LogP contribution in [0.25, 0.3) is 10.8 Å². The van der Waals surface area contributed by atoms with Crippen LogP contribution in [0.5, 0.6) is 5.75 Å². The lowest BCUT2D eigenvalue weighted by atomic mass is 10.1. The first-order chi connectivity index (χ1) is 17.4. The van der Waals surface area contributed by atoms with Gasteiger partial charge in [0.1, 0.15) is 10.6 Å². The summed E-state index contributed by atoms with van der Waals surface area (Å²) in [5, 5.41) is 24.5. The van der Waals surface area contributed by atoms with Crippen LogP contribution in [0.1, 0.15) is 6.92 Å². The largest absolute Gasteiger partial charge is 0.505 e. The third-order valence-electron chi connectivity index (χ3n) is 5.00. The van der Waals surface area contributed by atoms with Crippen LogP contribution >= 0.6 is 21.2 Å². The number of phenolic OH excluding ortho intramolecular Hbond substituents is 1. The van der Waals surface area contributed by atoms with E-state index in [1.807, 2.05) is 0 Å². The van der Waals surface area contributed by atoms with Crippen molar-refractivity contribution in [2.24, 2.45) is 10.2 Å². The van der Waals surface area contributed by atoms with Gasteiger partial charge in [-0.2, -0.15) is 25.3 Å². The minimum Gasteiger partial charge on any atom is -0.505 e.